The molecule has 0 spiro atoms. The first kappa shape index (κ1) is 48.1. The van der Waals surface area contributed by atoms with E-state index in [2.05, 4.69) is 19.2 Å². The summed E-state index contributed by atoms with van der Waals surface area (Å²) < 4.78 is 60.3. The second kappa shape index (κ2) is 40.3. The number of carbonyl (C=O) groups is 1. The lowest BCUT2D eigenvalue weighted by Crippen LogP contribution is -2.15. The Kier molecular flexibility index (Phi) is 37.3. The van der Waals surface area contributed by atoms with E-state index < -0.39 is 0 Å². The Morgan fingerprint density at radius 1 is 0.404 bits per heavy atom. The molecule has 1 aromatic rings. The summed E-state index contributed by atoms with van der Waals surface area (Å²) in [7, 11) is 0. The van der Waals surface area contributed by atoms with Crippen molar-refractivity contribution < 1.29 is 56.9 Å². The van der Waals surface area contributed by atoms with Gasteiger partial charge in [0.2, 0.25) is 0 Å². The Balaban J connectivity index is 1.68. The maximum absolute atomic E-state index is 12.1. The highest BCUT2D eigenvalue weighted by atomic mass is 16.6. The van der Waals surface area contributed by atoms with Gasteiger partial charge in [0, 0.05) is 18.8 Å². The third-order valence-electron chi connectivity index (χ3n) is 7.43. The van der Waals surface area contributed by atoms with Crippen LogP contribution in [0.5, 0.6) is 0 Å². The van der Waals surface area contributed by atoms with Gasteiger partial charge in [0.15, 0.2) is 0 Å². The normalized spacial score (nSPS) is 11.3. The molecular weight excluding hydrogens is 674 g/mol. The van der Waals surface area contributed by atoms with Crippen molar-refractivity contribution in [1.82, 2.24) is 0 Å². The number of ether oxygens (including phenoxy) is 11. The maximum Gasteiger partial charge on any atom is 0.338 e. The molecule has 0 bridgehead atoms. The summed E-state index contributed by atoms with van der Waals surface area (Å²) in [6.45, 7) is 15.9. The van der Waals surface area contributed by atoms with Gasteiger partial charge in [-0.3, -0.25) is 0 Å². The van der Waals surface area contributed by atoms with Crippen LogP contribution in [0.4, 0.5) is 5.69 Å². The fourth-order valence-corrected chi connectivity index (χ4v) is 4.48. The maximum atomic E-state index is 12.1. The highest BCUT2D eigenvalue weighted by molar-refractivity contribution is 5.89. The van der Waals surface area contributed by atoms with Crippen LogP contribution >= 0.6 is 0 Å². The van der Waals surface area contributed by atoms with E-state index in [9.17, 15) is 4.79 Å². The van der Waals surface area contributed by atoms with Crippen molar-refractivity contribution in [2.24, 2.45) is 0 Å². The molecule has 0 unspecified atom stereocenters. The molecule has 0 saturated heterocycles. The molecule has 52 heavy (non-hydrogen) atoms. The van der Waals surface area contributed by atoms with E-state index in [-0.39, 0.29) is 12.6 Å². The van der Waals surface area contributed by atoms with Crippen molar-refractivity contribution >= 4 is 11.7 Å². The molecule has 0 aliphatic carbocycles. The SMILES string of the molecule is CCCCCCCCOCCOCCOCCOCCOCCOCCOCCOCCOCCOCCOC(=O)c1ccc(NCCCC)cc1. The fourth-order valence-electron chi connectivity index (χ4n) is 4.48. The Hall–Kier alpha value is -1.91. The number of benzene rings is 1. The van der Waals surface area contributed by atoms with Gasteiger partial charge in [-0.25, -0.2) is 4.79 Å². The zero-order valence-corrected chi connectivity index (χ0v) is 32.4. The van der Waals surface area contributed by atoms with Crippen LogP contribution in [-0.2, 0) is 52.1 Å². The minimum Gasteiger partial charge on any atom is -0.460 e. The lowest BCUT2D eigenvalue weighted by atomic mass is 10.1. The van der Waals surface area contributed by atoms with Gasteiger partial charge >= 0.3 is 5.97 Å². The number of unbranched alkanes of at least 4 members (excludes halogenated alkanes) is 6. The Bertz CT molecular complexity index is 864. The standard InChI is InChI=1S/C39H71NO12/c1-3-5-7-8-9-10-16-42-17-18-43-19-20-44-21-22-45-23-24-46-25-26-47-27-28-48-29-30-49-31-32-50-33-34-51-35-36-52-39(41)37-11-13-38(14-12-37)40-15-6-4-2/h11-14,40H,3-10,15-36H2,1-2H3. The summed E-state index contributed by atoms with van der Waals surface area (Å²) in [5.41, 5.74) is 1.52. The van der Waals surface area contributed by atoms with Gasteiger partial charge in [-0.15, -0.1) is 0 Å². The van der Waals surface area contributed by atoms with Crippen molar-refractivity contribution in [3.05, 3.63) is 29.8 Å². The number of hydrogen-bond acceptors (Lipinski definition) is 13. The number of nitrogens with one attached hydrogen (secondary N) is 1. The van der Waals surface area contributed by atoms with Gasteiger partial charge in [-0.2, -0.15) is 0 Å². The van der Waals surface area contributed by atoms with Crippen LogP contribution in [0.3, 0.4) is 0 Å². The van der Waals surface area contributed by atoms with Crippen molar-refractivity contribution in [2.45, 2.75) is 65.2 Å². The second-order valence-corrected chi connectivity index (χ2v) is 11.9. The molecule has 0 saturated carbocycles. The van der Waals surface area contributed by atoms with Gasteiger partial charge in [0.25, 0.3) is 0 Å². The molecule has 0 heterocycles. The molecule has 0 radical (unpaired) electrons. The first-order chi connectivity index (χ1) is 25.8. The van der Waals surface area contributed by atoms with Gasteiger partial charge in [-0.05, 0) is 37.1 Å². The summed E-state index contributed by atoms with van der Waals surface area (Å²) in [5.74, 6) is -0.359. The molecule has 1 N–H and O–H groups in total. The molecule has 0 aromatic heterocycles. The molecule has 0 aliphatic rings. The third-order valence-corrected chi connectivity index (χ3v) is 7.43. The minimum absolute atomic E-state index is 0.192. The van der Waals surface area contributed by atoms with Gasteiger partial charge in [0.05, 0.1) is 131 Å². The van der Waals surface area contributed by atoms with Crippen LogP contribution in [0.1, 0.15) is 75.6 Å². The first-order valence-electron chi connectivity index (χ1n) is 19.6. The molecule has 1 rings (SSSR count). The predicted octanol–water partition coefficient (Wildman–Crippen LogP) is 5.58. The van der Waals surface area contributed by atoms with Crippen LogP contribution in [0.25, 0.3) is 0 Å². The lowest BCUT2D eigenvalue weighted by molar-refractivity contribution is -0.0271. The van der Waals surface area contributed by atoms with E-state index in [1.807, 2.05) is 12.1 Å². The van der Waals surface area contributed by atoms with E-state index in [4.69, 9.17) is 52.1 Å². The molecular formula is C39H71NO12. The number of esters is 1. The summed E-state index contributed by atoms with van der Waals surface area (Å²) in [5, 5.41) is 3.32. The zero-order valence-electron chi connectivity index (χ0n) is 32.4. The molecule has 304 valence electrons. The van der Waals surface area contributed by atoms with Crippen molar-refractivity contribution in [2.75, 3.05) is 151 Å². The molecule has 13 heteroatoms. The predicted molar refractivity (Wildman–Crippen MR) is 202 cm³/mol. The smallest absolute Gasteiger partial charge is 0.338 e. The average molecular weight is 746 g/mol. The zero-order chi connectivity index (χ0) is 37.3. The van der Waals surface area contributed by atoms with E-state index in [0.717, 1.165) is 38.1 Å². The van der Waals surface area contributed by atoms with Crippen molar-refractivity contribution in [1.29, 1.82) is 0 Å². The summed E-state index contributed by atoms with van der Waals surface area (Å²) in [6.07, 6.45) is 9.91. The second-order valence-electron chi connectivity index (χ2n) is 11.9. The Morgan fingerprint density at radius 3 is 1.12 bits per heavy atom. The topological polar surface area (TPSA) is 131 Å². The highest BCUT2D eigenvalue weighted by Gasteiger charge is 2.07. The van der Waals surface area contributed by atoms with Crippen LogP contribution in [0, 0.1) is 0 Å². The van der Waals surface area contributed by atoms with Gasteiger partial charge < -0.3 is 57.4 Å². The molecule has 13 nitrogen and oxygen atoms in total. The number of anilines is 1. The van der Waals surface area contributed by atoms with Crippen molar-refractivity contribution in [3.63, 3.8) is 0 Å². The summed E-state index contributed by atoms with van der Waals surface area (Å²) in [4.78, 5) is 12.1. The van der Waals surface area contributed by atoms with Crippen LogP contribution in [0.15, 0.2) is 24.3 Å². The van der Waals surface area contributed by atoms with E-state index in [1.54, 1.807) is 12.1 Å². The highest BCUT2D eigenvalue weighted by Crippen LogP contribution is 2.11. The van der Waals surface area contributed by atoms with Crippen molar-refractivity contribution in [3.8, 4) is 0 Å². The lowest BCUT2D eigenvalue weighted by Gasteiger charge is -2.09. The number of hydrogen-bond donors (Lipinski definition) is 1. The molecule has 0 atom stereocenters. The number of rotatable bonds is 42. The molecule has 0 fully saturated rings. The van der Waals surface area contributed by atoms with Gasteiger partial charge in [0.1, 0.15) is 6.61 Å². The number of carbonyl (C=O) groups excluding carboxylic acids is 1. The largest absolute Gasteiger partial charge is 0.460 e. The summed E-state index contributed by atoms with van der Waals surface area (Å²) in [6, 6.07) is 7.30. The fraction of sp³-hybridized carbons (Fsp3) is 0.821. The Labute approximate surface area is 313 Å². The average Bonchev–Trinajstić information content (AvgIpc) is 3.16. The minimum atomic E-state index is -0.359. The van der Waals surface area contributed by atoms with E-state index in [0.29, 0.717) is 131 Å². The third kappa shape index (κ3) is 33.9. The molecule has 0 aliphatic heterocycles. The first-order valence-corrected chi connectivity index (χ1v) is 19.6. The van der Waals surface area contributed by atoms with E-state index in [1.165, 1.54) is 32.1 Å². The molecule has 1 aromatic carbocycles. The Morgan fingerprint density at radius 2 is 0.731 bits per heavy atom. The van der Waals surface area contributed by atoms with E-state index >= 15 is 0 Å². The monoisotopic (exact) mass is 745 g/mol. The summed E-state index contributed by atoms with van der Waals surface area (Å²) >= 11 is 0. The van der Waals surface area contributed by atoms with Gasteiger partial charge in [-0.1, -0.05) is 52.4 Å². The van der Waals surface area contributed by atoms with Crippen LogP contribution in [0.2, 0.25) is 0 Å². The molecule has 0 amide bonds. The quantitative estimate of drug-likeness (QED) is 0.0661. The van der Waals surface area contributed by atoms with Crippen LogP contribution in [-0.4, -0.2) is 151 Å². The van der Waals surface area contributed by atoms with Crippen LogP contribution < -0.4 is 5.32 Å².